The largest absolute Gasteiger partial charge is 0.496 e. The van der Waals surface area contributed by atoms with E-state index in [-0.39, 0.29) is 11.7 Å². The Kier molecular flexibility index (Phi) is 4.35. The minimum Gasteiger partial charge on any atom is -0.496 e. The second-order valence-electron chi connectivity index (χ2n) is 4.49. The molecule has 4 heteroatoms. The predicted molar refractivity (Wildman–Crippen MR) is 75.3 cm³/mol. The van der Waals surface area contributed by atoms with Crippen molar-refractivity contribution in [1.82, 2.24) is 5.32 Å². The van der Waals surface area contributed by atoms with Gasteiger partial charge in [0.2, 0.25) is 0 Å². The lowest BCUT2D eigenvalue weighted by molar-refractivity contribution is 0.0951. The Bertz CT molecular complexity index is 608. The van der Waals surface area contributed by atoms with Gasteiger partial charge in [0.05, 0.1) is 7.11 Å². The number of nitrogens with one attached hydrogen (secondary N) is 1. The zero-order valence-corrected chi connectivity index (χ0v) is 11.4. The second-order valence-corrected chi connectivity index (χ2v) is 4.49. The maximum atomic E-state index is 12.8. The average molecular weight is 273 g/mol. The Morgan fingerprint density at radius 3 is 2.50 bits per heavy atom. The van der Waals surface area contributed by atoms with Crippen LogP contribution in [0.1, 0.15) is 21.5 Å². The first-order valence-electron chi connectivity index (χ1n) is 6.27. The lowest BCUT2D eigenvalue weighted by Crippen LogP contribution is -2.22. The van der Waals surface area contributed by atoms with Crippen molar-refractivity contribution in [1.29, 1.82) is 0 Å². The fourth-order valence-electron chi connectivity index (χ4n) is 1.91. The van der Waals surface area contributed by atoms with E-state index in [1.54, 1.807) is 37.4 Å². The fraction of sp³-hybridized carbons (Fsp3) is 0.188. The van der Waals surface area contributed by atoms with Crippen LogP contribution in [0.25, 0.3) is 0 Å². The molecule has 2 rings (SSSR count). The number of rotatable bonds is 4. The van der Waals surface area contributed by atoms with Gasteiger partial charge in [-0.25, -0.2) is 4.39 Å². The molecule has 0 aliphatic heterocycles. The van der Waals surface area contributed by atoms with Crippen LogP contribution in [0.4, 0.5) is 4.39 Å². The predicted octanol–water partition coefficient (Wildman–Crippen LogP) is 3.07. The molecule has 0 aliphatic rings. The first kappa shape index (κ1) is 14.1. The standard InChI is InChI=1S/C16H16FNO2/c1-11-9-13(5-8-15(11)20-2)16(19)18-10-12-3-6-14(17)7-4-12/h3-9H,10H2,1-2H3,(H,18,19). The van der Waals surface area contributed by atoms with Gasteiger partial charge >= 0.3 is 0 Å². The van der Waals surface area contributed by atoms with Crippen LogP contribution in [0, 0.1) is 12.7 Å². The highest BCUT2D eigenvalue weighted by molar-refractivity contribution is 5.94. The molecule has 104 valence electrons. The zero-order valence-electron chi connectivity index (χ0n) is 11.4. The molecule has 0 fully saturated rings. The quantitative estimate of drug-likeness (QED) is 0.929. The smallest absolute Gasteiger partial charge is 0.251 e. The Labute approximate surface area is 117 Å². The van der Waals surface area contributed by atoms with E-state index >= 15 is 0 Å². The molecule has 2 aromatic carbocycles. The third kappa shape index (κ3) is 3.35. The summed E-state index contributed by atoms with van der Waals surface area (Å²) in [5.41, 5.74) is 2.33. The van der Waals surface area contributed by atoms with E-state index < -0.39 is 0 Å². The highest BCUT2D eigenvalue weighted by Gasteiger charge is 2.07. The second kappa shape index (κ2) is 6.19. The number of halogens is 1. The molecule has 3 nitrogen and oxygen atoms in total. The van der Waals surface area contributed by atoms with Crippen molar-refractivity contribution in [3.63, 3.8) is 0 Å². The summed E-state index contributed by atoms with van der Waals surface area (Å²) in [4.78, 5) is 12.0. The first-order valence-corrected chi connectivity index (χ1v) is 6.27. The van der Waals surface area contributed by atoms with Crippen LogP contribution in [0.2, 0.25) is 0 Å². The summed E-state index contributed by atoms with van der Waals surface area (Å²) < 4.78 is 17.9. The zero-order chi connectivity index (χ0) is 14.5. The maximum Gasteiger partial charge on any atom is 0.251 e. The molecule has 0 saturated heterocycles. The van der Waals surface area contributed by atoms with E-state index in [2.05, 4.69) is 5.32 Å². The number of carbonyl (C=O) groups is 1. The molecule has 0 radical (unpaired) electrons. The third-order valence-corrected chi connectivity index (χ3v) is 3.02. The maximum absolute atomic E-state index is 12.8. The molecule has 20 heavy (non-hydrogen) atoms. The van der Waals surface area contributed by atoms with E-state index in [0.29, 0.717) is 12.1 Å². The summed E-state index contributed by atoms with van der Waals surface area (Å²) in [5.74, 6) is 0.297. The van der Waals surface area contributed by atoms with Gasteiger partial charge in [-0.15, -0.1) is 0 Å². The molecule has 0 unspecified atom stereocenters. The van der Waals surface area contributed by atoms with Crippen molar-refractivity contribution < 1.29 is 13.9 Å². The molecule has 0 heterocycles. The van der Waals surface area contributed by atoms with Crippen molar-refractivity contribution >= 4 is 5.91 Å². The Morgan fingerprint density at radius 2 is 1.90 bits per heavy atom. The van der Waals surface area contributed by atoms with Gasteiger partial charge in [-0.2, -0.15) is 0 Å². The summed E-state index contributed by atoms with van der Waals surface area (Å²) in [7, 11) is 1.59. The number of hydrogen-bond donors (Lipinski definition) is 1. The van der Waals surface area contributed by atoms with Gasteiger partial charge < -0.3 is 10.1 Å². The van der Waals surface area contributed by atoms with Gasteiger partial charge in [-0.1, -0.05) is 12.1 Å². The lowest BCUT2D eigenvalue weighted by Gasteiger charge is -2.08. The molecule has 1 N–H and O–H groups in total. The molecular formula is C16H16FNO2. The topological polar surface area (TPSA) is 38.3 Å². The molecule has 0 aromatic heterocycles. The van der Waals surface area contributed by atoms with Gasteiger partial charge in [0, 0.05) is 12.1 Å². The van der Waals surface area contributed by atoms with Crippen molar-refractivity contribution in [2.24, 2.45) is 0 Å². The summed E-state index contributed by atoms with van der Waals surface area (Å²) in [5, 5.41) is 2.80. The van der Waals surface area contributed by atoms with Crippen LogP contribution in [0.3, 0.4) is 0 Å². The van der Waals surface area contributed by atoms with Crippen molar-refractivity contribution in [2.75, 3.05) is 7.11 Å². The summed E-state index contributed by atoms with van der Waals surface area (Å²) >= 11 is 0. The minimum atomic E-state index is -0.286. The SMILES string of the molecule is COc1ccc(C(=O)NCc2ccc(F)cc2)cc1C. The third-order valence-electron chi connectivity index (χ3n) is 3.02. The van der Waals surface area contributed by atoms with Gasteiger partial charge in [0.25, 0.3) is 5.91 Å². The number of methoxy groups -OCH3 is 1. The van der Waals surface area contributed by atoms with Crippen LogP contribution < -0.4 is 10.1 Å². The summed E-state index contributed by atoms with van der Waals surface area (Å²) in [6.07, 6.45) is 0. The molecule has 0 bridgehead atoms. The van der Waals surface area contributed by atoms with Gasteiger partial charge in [-0.3, -0.25) is 4.79 Å². The minimum absolute atomic E-state index is 0.167. The van der Waals surface area contributed by atoms with Crippen LogP contribution in [-0.4, -0.2) is 13.0 Å². The van der Waals surface area contributed by atoms with E-state index in [4.69, 9.17) is 4.74 Å². The fourth-order valence-corrected chi connectivity index (χ4v) is 1.91. The number of benzene rings is 2. The lowest BCUT2D eigenvalue weighted by atomic mass is 10.1. The molecule has 0 aliphatic carbocycles. The highest BCUT2D eigenvalue weighted by Crippen LogP contribution is 2.18. The monoisotopic (exact) mass is 273 g/mol. The Morgan fingerprint density at radius 1 is 1.20 bits per heavy atom. The van der Waals surface area contributed by atoms with Crippen LogP contribution in [0.15, 0.2) is 42.5 Å². The van der Waals surface area contributed by atoms with E-state index in [1.165, 1.54) is 12.1 Å². The number of ether oxygens (including phenoxy) is 1. The number of hydrogen-bond acceptors (Lipinski definition) is 2. The van der Waals surface area contributed by atoms with Gasteiger partial charge in [0.15, 0.2) is 0 Å². The Balaban J connectivity index is 2.01. The van der Waals surface area contributed by atoms with E-state index in [9.17, 15) is 9.18 Å². The summed E-state index contributed by atoms with van der Waals surface area (Å²) in [6.45, 7) is 2.25. The van der Waals surface area contributed by atoms with Crippen molar-refractivity contribution in [3.05, 3.63) is 65.0 Å². The molecular weight excluding hydrogens is 257 g/mol. The molecule has 0 atom stereocenters. The van der Waals surface area contributed by atoms with Gasteiger partial charge in [-0.05, 0) is 48.4 Å². The van der Waals surface area contributed by atoms with Crippen LogP contribution in [0.5, 0.6) is 5.75 Å². The normalized spacial score (nSPS) is 10.2. The van der Waals surface area contributed by atoms with E-state index in [1.807, 2.05) is 6.92 Å². The van der Waals surface area contributed by atoms with Gasteiger partial charge in [0.1, 0.15) is 11.6 Å². The average Bonchev–Trinajstić information content (AvgIpc) is 2.46. The first-order chi connectivity index (χ1) is 9.60. The molecule has 0 spiro atoms. The number of carbonyl (C=O) groups excluding carboxylic acids is 1. The Hall–Kier alpha value is -2.36. The van der Waals surface area contributed by atoms with E-state index in [0.717, 1.165) is 16.9 Å². The highest BCUT2D eigenvalue weighted by atomic mass is 19.1. The summed E-state index contributed by atoms with van der Waals surface area (Å²) in [6, 6.07) is 11.3. The molecule has 1 amide bonds. The van der Waals surface area contributed by atoms with Crippen LogP contribution >= 0.6 is 0 Å². The molecule has 0 saturated carbocycles. The molecule has 2 aromatic rings. The van der Waals surface area contributed by atoms with Crippen LogP contribution in [-0.2, 0) is 6.54 Å². The number of aryl methyl sites for hydroxylation is 1. The van der Waals surface area contributed by atoms with Crippen molar-refractivity contribution in [2.45, 2.75) is 13.5 Å². The van der Waals surface area contributed by atoms with Crippen molar-refractivity contribution in [3.8, 4) is 5.75 Å². The number of amides is 1.